The Labute approximate surface area is 141 Å². The van der Waals surface area contributed by atoms with Crippen LogP contribution in [0, 0.1) is 3.57 Å². The molecule has 0 radical (unpaired) electrons. The first-order valence-electron chi connectivity index (χ1n) is 6.20. The summed E-state index contributed by atoms with van der Waals surface area (Å²) in [6.45, 7) is 0.144. The van der Waals surface area contributed by atoms with Gasteiger partial charge in [-0.15, -0.1) is 0 Å². The molecule has 2 aromatic rings. The SMILES string of the molecule is O=C(CNc1ccc(Cl)cc1)N/N=C\c1cccc(I)c1. The number of anilines is 1. The molecule has 0 aromatic heterocycles. The Bertz CT molecular complexity index is 644. The summed E-state index contributed by atoms with van der Waals surface area (Å²) in [6.07, 6.45) is 1.61. The molecule has 0 saturated heterocycles. The summed E-state index contributed by atoms with van der Waals surface area (Å²) in [5.74, 6) is -0.216. The number of carbonyl (C=O) groups excluding carboxylic acids is 1. The Kier molecular flexibility index (Phi) is 6.01. The van der Waals surface area contributed by atoms with Crippen molar-refractivity contribution in [3.05, 3.63) is 62.7 Å². The number of carbonyl (C=O) groups is 1. The number of hydrazone groups is 1. The van der Waals surface area contributed by atoms with E-state index in [9.17, 15) is 4.79 Å². The van der Waals surface area contributed by atoms with Crippen LogP contribution in [0.5, 0.6) is 0 Å². The van der Waals surface area contributed by atoms with Gasteiger partial charge in [-0.25, -0.2) is 5.43 Å². The number of benzene rings is 2. The molecule has 21 heavy (non-hydrogen) atoms. The normalized spacial score (nSPS) is 10.6. The van der Waals surface area contributed by atoms with Crippen molar-refractivity contribution in [1.29, 1.82) is 0 Å². The highest BCUT2D eigenvalue weighted by Gasteiger charge is 1.99. The maximum Gasteiger partial charge on any atom is 0.259 e. The summed E-state index contributed by atoms with van der Waals surface area (Å²) >= 11 is 8.01. The second-order valence-corrected chi connectivity index (χ2v) is 5.89. The van der Waals surface area contributed by atoms with Crippen LogP contribution in [0.15, 0.2) is 53.6 Å². The highest BCUT2D eigenvalue weighted by Crippen LogP contribution is 2.12. The number of nitrogens with one attached hydrogen (secondary N) is 2. The molecule has 0 unspecified atom stereocenters. The van der Waals surface area contributed by atoms with E-state index in [1.165, 1.54) is 0 Å². The van der Waals surface area contributed by atoms with E-state index in [0.29, 0.717) is 5.02 Å². The Balaban J connectivity index is 1.78. The van der Waals surface area contributed by atoms with Crippen LogP contribution >= 0.6 is 34.2 Å². The molecule has 108 valence electrons. The summed E-state index contributed by atoms with van der Waals surface area (Å²) in [5, 5.41) is 7.56. The Morgan fingerprint density at radius 3 is 2.71 bits per heavy atom. The molecule has 0 heterocycles. The molecule has 4 nitrogen and oxygen atoms in total. The molecule has 0 fully saturated rings. The zero-order valence-corrected chi connectivity index (χ0v) is 13.9. The predicted octanol–water partition coefficient (Wildman–Crippen LogP) is 3.51. The first-order valence-corrected chi connectivity index (χ1v) is 7.66. The van der Waals surface area contributed by atoms with Crippen LogP contribution in [-0.2, 0) is 4.79 Å². The van der Waals surface area contributed by atoms with Gasteiger partial charge in [-0.2, -0.15) is 5.10 Å². The third-order valence-corrected chi connectivity index (χ3v) is 3.47. The van der Waals surface area contributed by atoms with Gasteiger partial charge in [0.25, 0.3) is 5.91 Å². The van der Waals surface area contributed by atoms with Crippen LogP contribution in [0.25, 0.3) is 0 Å². The van der Waals surface area contributed by atoms with E-state index in [1.807, 2.05) is 36.4 Å². The van der Waals surface area contributed by atoms with Crippen LogP contribution < -0.4 is 10.7 Å². The second kappa shape index (κ2) is 7.99. The Morgan fingerprint density at radius 1 is 1.24 bits per heavy atom. The maximum absolute atomic E-state index is 11.6. The smallest absolute Gasteiger partial charge is 0.259 e. The lowest BCUT2D eigenvalue weighted by molar-refractivity contribution is -0.119. The van der Waals surface area contributed by atoms with Gasteiger partial charge >= 0.3 is 0 Å². The third kappa shape index (κ3) is 5.73. The topological polar surface area (TPSA) is 53.5 Å². The maximum atomic E-state index is 11.6. The molecule has 0 spiro atoms. The van der Waals surface area contributed by atoms with Crippen molar-refractivity contribution < 1.29 is 4.79 Å². The van der Waals surface area contributed by atoms with Crippen LogP contribution in [-0.4, -0.2) is 18.7 Å². The summed E-state index contributed by atoms with van der Waals surface area (Å²) in [7, 11) is 0. The lowest BCUT2D eigenvalue weighted by Crippen LogP contribution is -2.25. The van der Waals surface area contributed by atoms with Gasteiger partial charge in [0.05, 0.1) is 12.8 Å². The van der Waals surface area contributed by atoms with Crippen molar-refractivity contribution in [2.45, 2.75) is 0 Å². The van der Waals surface area contributed by atoms with Gasteiger partial charge in [-0.05, 0) is 64.6 Å². The number of halogens is 2. The second-order valence-electron chi connectivity index (χ2n) is 4.21. The first-order chi connectivity index (χ1) is 10.1. The summed E-state index contributed by atoms with van der Waals surface area (Å²) < 4.78 is 1.12. The first kappa shape index (κ1) is 15.8. The molecule has 2 N–H and O–H groups in total. The van der Waals surface area contributed by atoms with Crippen molar-refractivity contribution in [3.8, 4) is 0 Å². The summed E-state index contributed by atoms with van der Waals surface area (Å²) in [5.41, 5.74) is 4.24. The quantitative estimate of drug-likeness (QED) is 0.448. The predicted molar refractivity (Wildman–Crippen MR) is 94.8 cm³/mol. The van der Waals surface area contributed by atoms with E-state index in [4.69, 9.17) is 11.6 Å². The number of amides is 1. The molecule has 0 saturated carbocycles. The molecular formula is C15H13ClIN3O. The molecule has 6 heteroatoms. The van der Waals surface area contributed by atoms with Gasteiger partial charge in [0.15, 0.2) is 0 Å². The van der Waals surface area contributed by atoms with E-state index >= 15 is 0 Å². The lowest BCUT2D eigenvalue weighted by Gasteiger charge is -2.05. The van der Waals surface area contributed by atoms with E-state index in [-0.39, 0.29) is 12.5 Å². The van der Waals surface area contributed by atoms with Crippen molar-refractivity contribution in [2.24, 2.45) is 5.10 Å². The summed E-state index contributed by atoms with van der Waals surface area (Å²) in [6, 6.07) is 15.0. The molecule has 0 bridgehead atoms. The Hall–Kier alpha value is -1.60. The van der Waals surface area contributed by atoms with E-state index in [2.05, 4.69) is 38.4 Å². The average Bonchev–Trinajstić information content (AvgIpc) is 2.47. The van der Waals surface area contributed by atoms with Gasteiger partial charge in [0.2, 0.25) is 0 Å². The number of rotatable bonds is 5. The zero-order valence-electron chi connectivity index (χ0n) is 11.0. The molecule has 1 amide bonds. The van der Waals surface area contributed by atoms with E-state index < -0.39 is 0 Å². The van der Waals surface area contributed by atoms with Crippen LogP contribution in [0.3, 0.4) is 0 Å². The molecular weight excluding hydrogens is 401 g/mol. The zero-order chi connectivity index (χ0) is 15.1. The fraction of sp³-hybridized carbons (Fsp3) is 0.0667. The number of nitrogens with zero attached hydrogens (tertiary/aromatic N) is 1. The minimum atomic E-state index is -0.216. The van der Waals surface area contributed by atoms with Gasteiger partial charge in [0.1, 0.15) is 0 Å². The molecule has 0 aliphatic heterocycles. The van der Waals surface area contributed by atoms with Gasteiger partial charge < -0.3 is 5.32 Å². The van der Waals surface area contributed by atoms with Crippen LogP contribution in [0.1, 0.15) is 5.56 Å². The monoisotopic (exact) mass is 413 g/mol. The highest BCUT2D eigenvalue weighted by atomic mass is 127. The molecule has 0 atom stereocenters. The van der Waals surface area contributed by atoms with Crippen molar-refractivity contribution in [3.63, 3.8) is 0 Å². The van der Waals surface area contributed by atoms with Crippen LogP contribution in [0.4, 0.5) is 5.69 Å². The van der Waals surface area contributed by atoms with Gasteiger partial charge in [-0.3, -0.25) is 4.79 Å². The van der Waals surface area contributed by atoms with Crippen molar-refractivity contribution in [2.75, 3.05) is 11.9 Å². The van der Waals surface area contributed by atoms with E-state index in [1.54, 1.807) is 18.3 Å². The fourth-order valence-electron chi connectivity index (χ4n) is 1.56. The minimum Gasteiger partial charge on any atom is -0.376 e. The lowest BCUT2D eigenvalue weighted by atomic mass is 10.2. The summed E-state index contributed by atoms with van der Waals surface area (Å²) in [4.78, 5) is 11.6. The van der Waals surface area contributed by atoms with Gasteiger partial charge in [-0.1, -0.05) is 23.7 Å². The highest BCUT2D eigenvalue weighted by molar-refractivity contribution is 14.1. The standard InChI is InChI=1S/C15H13ClIN3O/c16-12-4-6-14(7-5-12)18-10-15(21)20-19-9-11-2-1-3-13(17)8-11/h1-9,18H,10H2,(H,20,21)/b19-9-. The molecule has 0 aliphatic carbocycles. The minimum absolute atomic E-state index is 0.144. The third-order valence-electron chi connectivity index (χ3n) is 2.55. The van der Waals surface area contributed by atoms with E-state index in [0.717, 1.165) is 14.8 Å². The van der Waals surface area contributed by atoms with Crippen molar-refractivity contribution in [1.82, 2.24) is 5.43 Å². The number of hydrogen-bond donors (Lipinski definition) is 2. The van der Waals surface area contributed by atoms with Gasteiger partial charge in [0, 0.05) is 14.3 Å². The fourth-order valence-corrected chi connectivity index (χ4v) is 2.25. The van der Waals surface area contributed by atoms with Crippen LogP contribution in [0.2, 0.25) is 5.02 Å². The molecule has 2 aromatic carbocycles. The average molecular weight is 414 g/mol. The van der Waals surface area contributed by atoms with Crippen molar-refractivity contribution >= 4 is 52.0 Å². The Morgan fingerprint density at radius 2 is 2.00 bits per heavy atom. The molecule has 0 aliphatic rings. The number of hydrogen-bond acceptors (Lipinski definition) is 3. The molecule has 2 rings (SSSR count). The largest absolute Gasteiger partial charge is 0.376 e.